The van der Waals surface area contributed by atoms with E-state index in [9.17, 15) is 19.7 Å². The molecule has 1 rings (SSSR count). The highest BCUT2D eigenvalue weighted by Crippen LogP contribution is 2.27. The van der Waals surface area contributed by atoms with Gasteiger partial charge < -0.3 is 10.4 Å². The van der Waals surface area contributed by atoms with Crippen LogP contribution in [0, 0.1) is 10.1 Å². The molecule has 0 unspecified atom stereocenters. The number of carbonyl (C=O) groups is 2. The van der Waals surface area contributed by atoms with Crippen LogP contribution in [-0.4, -0.2) is 21.2 Å². The molecule has 1 amide bonds. The van der Waals surface area contributed by atoms with Crippen molar-refractivity contribution in [3.05, 3.63) is 33.9 Å². The summed E-state index contributed by atoms with van der Waals surface area (Å²) in [5, 5.41) is 20.7. The van der Waals surface area contributed by atoms with Gasteiger partial charge in [-0.1, -0.05) is 0 Å². The SMILES string of the molecule is CC(=O)NCc1cc([N+](=O)[O-])ccc1SC(=O)O. The van der Waals surface area contributed by atoms with Gasteiger partial charge in [0.25, 0.3) is 5.69 Å². The molecule has 0 saturated carbocycles. The maximum atomic E-state index is 10.8. The highest BCUT2D eigenvalue weighted by Gasteiger charge is 2.13. The van der Waals surface area contributed by atoms with E-state index in [1.165, 1.54) is 25.1 Å². The van der Waals surface area contributed by atoms with Gasteiger partial charge in [0.2, 0.25) is 5.91 Å². The topological polar surface area (TPSA) is 110 Å². The maximum absolute atomic E-state index is 10.8. The van der Waals surface area contributed by atoms with Crippen molar-refractivity contribution in [1.82, 2.24) is 5.32 Å². The summed E-state index contributed by atoms with van der Waals surface area (Å²) in [6.07, 6.45) is 0. The van der Waals surface area contributed by atoms with Crippen LogP contribution >= 0.6 is 11.8 Å². The van der Waals surface area contributed by atoms with Gasteiger partial charge in [0.05, 0.1) is 4.92 Å². The molecule has 7 nitrogen and oxygen atoms in total. The number of hydrogen-bond donors (Lipinski definition) is 2. The minimum atomic E-state index is -1.12. The lowest BCUT2D eigenvalue weighted by Crippen LogP contribution is -2.19. The molecule has 0 aliphatic rings. The van der Waals surface area contributed by atoms with Crippen LogP contribution in [-0.2, 0) is 11.3 Å². The smallest absolute Gasteiger partial charge is 0.369 e. The Hall–Kier alpha value is -2.09. The minimum Gasteiger partial charge on any atom is -0.473 e. The number of amides is 1. The number of nitro groups is 1. The zero-order valence-electron chi connectivity index (χ0n) is 9.37. The number of benzene rings is 1. The molecule has 0 saturated heterocycles. The molecule has 1 aromatic carbocycles. The van der Waals surface area contributed by atoms with Crippen LogP contribution < -0.4 is 5.32 Å². The number of thioether (sulfide) groups is 1. The largest absolute Gasteiger partial charge is 0.473 e. The van der Waals surface area contributed by atoms with Crippen LogP contribution in [0.1, 0.15) is 12.5 Å². The van der Waals surface area contributed by atoms with E-state index in [1.807, 2.05) is 0 Å². The molecule has 0 aromatic heterocycles. The van der Waals surface area contributed by atoms with Crippen LogP contribution in [0.3, 0.4) is 0 Å². The molecule has 0 atom stereocenters. The maximum Gasteiger partial charge on any atom is 0.369 e. The lowest BCUT2D eigenvalue weighted by atomic mass is 10.2. The summed E-state index contributed by atoms with van der Waals surface area (Å²) >= 11 is 0.540. The third-order valence-corrected chi connectivity index (χ3v) is 2.77. The van der Waals surface area contributed by atoms with E-state index < -0.39 is 10.2 Å². The quantitative estimate of drug-likeness (QED) is 0.492. The number of carboxylic acid groups (broad SMARTS) is 1. The van der Waals surface area contributed by atoms with Crippen LogP contribution in [0.5, 0.6) is 0 Å². The predicted molar refractivity (Wildman–Crippen MR) is 64.5 cm³/mol. The summed E-state index contributed by atoms with van der Waals surface area (Å²) in [7, 11) is 0. The van der Waals surface area contributed by atoms with Gasteiger partial charge in [-0.05, 0) is 23.4 Å². The first-order chi connectivity index (χ1) is 8.40. The number of non-ortho nitro benzene ring substituents is 1. The Bertz CT molecular complexity index is 503. The van der Waals surface area contributed by atoms with E-state index in [1.54, 1.807) is 0 Å². The fourth-order valence-corrected chi connectivity index (χ4v) is 1.82. The average Bonchev–Trinajstić information content (AvgIpc) is 2.26. The summed E-state index contributed by atoms with van der Waals surface area (Å²) < 4.78 is 0. The Balaban J connectivity index is 3.04. The molecule has 96 valence electrons. The number of nitrogens with zero attached hydrogens (tertiary/aromatic N) is 1. The van der Waals surface area contributed by atoms with Crippen molar-refractivity contribution in [1.29, 1.82) is 0 Å². The van der Waals surface area contributed by atoms with Crippen LogP contribution in [0.15, 0.2) is 23.1 Å². The van der Waals surface area contributed by atoms with Crippen LogP contribution in [0.2, 0.25) is 0 Å². The Morgan fingerprint density at radius 3 is 2.67 bits per heavy atom. The van der Waals surface area contributed by atoms with E-state index in [-0.39, 0.29) is 18.1 Å². The van der Waals surface area contributed by atoms with Gasteiger partial charge in [-0.25, -0.2) is 4.79 Å². The second kappa shape index (κ2) is 6.01. The molecular weight excluding hydrogens is 260 g/mol. The molecule has 0 aliphatic carbocycles. The van der Waals surface area contributed by atoms with Crippen molar-refractivity contribution < 1.29 is 19.6 Å². The standard InChI is InChI=1S/C10H10N2O5S/c1-6(13)11-5-7-4-8(12(16)17)2-3-9(7)18-10(14)15/h2-4H,5H2,1H3,(H,11,13)(H,14,15). The summed E-state index contributed by atoms with van der Waals surface area (Å²) in [6.45, 7) is 1.36. The Morgan fingerprint density at radius 2 is 2.17 bits per heavy atom. The first-order valence-electron chi connectivity index (χ1n) is 4.82. The lowest BCUT2D eigenvalue weighted by molar-refractivity contribution is -0.385. The summed E-state index contributed by atoms with van der Waals surface area (Å²) in [5.74, 6) is -0.298. The zero-order chi connectivity index (χ0) is 13.7. The Labute approximate surface area is 106 Å². The minimum absolute atomic E-state index is 0.0482. The van der Waals surface area contributed by atoms with Crippen molar-refractivity contribution in [3.8, 4) is 0 Å². The van der Waals surface area contributed by atoms with E-state index in [0.717, 1.165) is 0 Å². The monoisotopic (exact) mass is 270 g/mol. The fraction of sp³-hybridized carbons (Fsp3) is 0.200. The van der Waals surface area contributed by atoms with E-state index in [4.69, 9.17) is 5.11 Å². The zero-order valence-corrected chi connectivity index (χ0v) is 10.2. The van der Waals surface area contributed by atoms with Crippen LogP contribution in [0.4, 0.5) is 10.5 Å². The first kappa shape index (κ1) is 14.0. The van der Waals surface area contributed by atoms with Gasteiger partial charge in [0.1, 0.15) is 0 Å². The first-order valence-corrected chi connectivity index (χ1v) is 5.64. The van der Waals surface area contributed by atoms with Crippen molar-refractivity contribution in [2.75, 3.05) is 0 Å². The van der Waals surface area contributed by atoms with Crippen LogP contribution in [0.25, 0.3) is 0 Å². The highest BCUT2D eigenvalue weighted by molar-refractivity contribution is 8.13. The normalized spacial score (nSPS) is 9.83. The molecule has 2 N–H and O–H groups in total. The fourth-order valence-electron chi connectivity index (χ4n) is 1.23. The van der Waals surface area contributed by atoms with Crippen molar-refractivity contribution in [3.63, 3.8) is 0 Å². The molecule has 0 spiro atoms. The predicted octanol–water partition coefficient (Wildman–Crippen LogP) is 2.00. The molecule has 0 bridgehead atoms. The van der Waals surface area contributed by atoms with E-state index in [0.29, 0.717) is 22.2 Å². The molecular formula is C10H10N2O5S. The third-order valence-electron chi connectivity index (χ3n) is 1.98. The number of rotatable bonds is 4. The molecule has 0 heterocycles. The summed E-state index contributed by atoms with van der Waals surface area (Å²) in [5.41, 5.74) is 0.247. The molecule has 8 heteroatoms. The average molecular weight is 270 g/mol. The van der Waals surface area contributed by atoms with Crippen molar-refractivity contribution >= 4 is 28.7 Å². The number of nitro benzene ring substituents is 1. The van der Waals surface area contributed by atoms with Crippen molar-refractivity contribution in [2.45, 2.75) is 18.4 Å². The van der Waals surface area contributed by atoms with Gasteiger partial charge in [0.15, 0.2) is 0 Å². The molecule has 18 heavy (non-hydrogen) atoms. The molecule has 1 aromatic rings. The number of nitrogens with one attached hydrogen (secondary N) is 1. The van der Waals surface area contributed by atoms with Crippen molar-refractivity contribution in [2.24, 2.45) is 0 Å². The summed E-state index contributed by atoms with van der Waals surface area (Å²) in [6, 6.07) is 3.83. The van der Waals surface area contributed by atoms with Gasteiger partial charge in [-0.2, -0.15) is 0 Å². The number of carbonyl (C=O) groups excluding carboxylic acids is 1. The Kier molecular flexibility index (Phi) is 4.67. The second-order valence-electron chi connectivity index (χ2n) is 3.33. The second-order valence-corrected chi connectivity index (χ2v) is 4.32. The van der Waals surface area contributed by atoms with Gasteiger partial charge >= 0.3 is 5.30 Å². The summed E-state index contributed by atoms with van der Waals surface area (Å²) in [4.78, 5) is 31.8. The van der Waals surface area contributed by atoms with Gasteiger partial charge in [0, 0.05) is 30.5 Å². The molecule has 0 radical (unpaired) electrons. The third kappa shape index (κ3) is 4.06. The van der Waals surface area contributed by atoms with E-state index >= 15 is 0 Å². The molecule has 0 aliphatic heterocycles. The van der Waals surface area contributed by atoms with Gasteiger partial charge in [-0.3, -0.25) is 14.9 Å². The number of hydrogen-bond acceptors (Lipinski definition) is 5. The van der Waals surface area contributed by atoms with E-state index in [2.05, 4.69) is 5.32 Å². The highest BCUT2D eigenvalue weighted by atomic mass is 32.2. The lowest BCUT2D eigenvalue weighted by Gasteiger charge is -2.07. The molecule has 0 fully saturated rings. The van der Waals surface area contributed by atoms with Gasteiger partial charge in [-0.15, -0.1) is 0 Å². The Morgan fingerprint density at radius 1 is 1.50 bits per heavy atom.